The number of benzene rings is 5. The molecule has 0 atom stereocenters. The van der Waals surface area contributed by atoms with Crippen LogP contribution in [0.15, 0.2) is 106 Å². The number of carbonyl (C=O) groups excluding carboxylic acids is 1. The smallest absolute Gasteiger partial charge is 0.871 e. The van der Waals surface area contributed by atoms with Crippen molar-refractivity contribution < 1.29 is 52.4 Å². The van der Waals surface area contributed by atoms with E-state index in [9.17, 15) is 22.9 Å². The molecular formula is C27H19N4NaO5S. The van der Waals surface area contributed by atoms with Gasteiger partial charge in [0.05, 0.1) is 11.4 Å². The predicted octanol–water partition coefficient (Wildman–Crippen LogP) is 2.57. The van der Waals surface area contributed by atoms with Crippen LogP contribution < -0.4 is 45.7 Å². The minimum Gasteiger partial charge on any atom is -0.871 e. The molecule has 9 nitrogen and oxygen atoms in total. The zero-order valence-corrected chi connectivity index (χ0v) is 22.9. The number of azo groups is 1. The molecule has 5 aromatic rings. The van der Waals surface area contributed by atoms with Crippen LogP contribution in [0, 0.1) is 0 Å². The van der Waals surface area contributed by atoms with Crippen LogP contribution in [0.4, 0.5) is 22.7 Å². The normalized spacial score (nSPS) is 11.5. The van der Waals surface area contributed by atoms with Gasteiger partial charge in [0.2, 0.25) is 0 Å². The number of carbonyl (C=O) groups is 1. The molecule has 0 aliphatic carbocycles. The van der Waals surface area contributed by atoms with Crippen molar-refractivity contribution in [3.8, 4) is 5.75 Å². The topological polar surface area (TPSA) is 157 Å². The Morgan fingerprint density at radius 2 is 1.61 bits per heavy atom. The molecule has 0 unspecified atom stereocenters. The Balaban J connectivity index is 0.00000336. The van der Waals surface area contributed by atoms with E-state index in [1.807, 2.05) is 30.3 Å². The van der Waals surface area contributed by atoms with Crippen LogP contribution >= 0.6 is 0 Å². The third-order valence-corrected chi connectivity index (χ3v) is 6.58. The summed E-state index contributed by atoms with van der Waals surface area (Å²) in [5.74, 6) is -1.17. The van der Waals surface area contributed by atoms with Crippen molar-refractivity contribution in [1.82, 2.24) is 0 Å². The molecule has 0 fully saturated rings. The summed E-state index contributed by atoms with van der Waals surface area (Å²) in [6, 6.07) is 24.7. The molecule has 0 spiro atoms. The average molecular weight is 535 g/mol. The Kier molecular flexibility index (Phi) is 7.81. The second-order valence-corrected chi connectivity index (χ2v) is 9.66. The maximum absolute atomic E-state index is 13.2. The number of hydrogen-bond donors (Lipinski definition) is 3. The Morgan fingerprint density at radius 1 is 0.842 bits per heavy atom. The van der Waals surface area contributed by atoms with Gasteiger partial charge in [0.25, 0.3) is 16.0 Å². The summed E-state index contributed by atoms with van der Waals surface area (Å²) < 4.78 is 34.1. The molecule has 0 aliphatic rings. The predicted molar refractivity (Wildman–Crippen MR) is 140 cm³/mol. The first-order chi connectivity index (χ1) is 17.7. The van der Waals surface area contributed by atoms with Gasteiger partial charge in [-0.25, -0.2) is 0 Å². The second kappa shape index (κ2) is 10.9. The first-order valence-corrected chi connectivity index (χ1v) is 12.5. The van der Waals surface area contributed by atoms with Crippen molar-refractivity contribution in [2.45, 2.75) is 4.90 Å². The van der Waals surface area contributed by atoms with Gasteiger partial charge in [0.15, 0.2) is 0 Å². The Morgan fingerprint density at radius 3 is 2.34 bits per heavy atom. The quantitative estimate of drug-likeness (QED) is 0.136. The molecule has 0 aliphatic heterocycles. The van der Waals surface area contributed by atoms with Crippen LogP contribution in [0.25, 0.3) is 21.5 Å². The molecule has 5 aromatic carbocycles. The van der Waals surface area contributed by atoms with E-state index in [1.165, 1.54) is 24.3 Å². The molecule has 0 bridgehead atoms. The van der Waals surface area contributed by atoms with E-state index in [2.05, 4.69) is 15.5 Å². The maximum atomic E-state index is 13.2. The fraction of sp³-hybridized carbons (Fsp3) is 0. The second-order valence-electron chi connectivity index (χ2n) is 8.27. The van der Waals surface area contributed by atoms with Crippen molar-refractivity contribution in [3.05, 3.63) is 96.6 Å². The number of amides is 1. The van der Waals surface area contributed by atoms with E-state index in [4.69, 9.17) is 5.73 Å². The van der Waals surface area contributed by atoms with Gasteiger partial charge in [-0.1, -0.05) is 48.2 Å². The molecule has 0 saturated carbocycles. The van der Waals surface area contributed by atoms with Crippen LogP contribution in [0.2, 0.25) is 0 Å². The molecule has 38 heavy (non-hydrogen) atoms. The largest absolute Gasteiger partial charge is 1.00 e. The average Bonchev–Trinajstić information content (AvgIpc) is 2.87. The van der Waals surface area contributed by atoms with E-state index >= 15 is 0 Å². The number of nitrogens with two attached hydrogens (primary N) is 1. The number of nitrogens with zero attached hydrogens (tertiary/aromatic N) is 2. The van der Waals surface area contributed by atoms with E-state index in [-0.39, 0.29) is 40.3 Å². The third-order valence-electron chi connectivity index (χ3n) is 5.71. The molecule has 4 N–H and O–H groups in total. The summed E-state index contributed by atoms with van der Waals surface area (Å²) in [5, 5.41) is 26.0. The van der Waals surface area contributed by atoms with Gasteiger partial charge < -0.3 is 16.2 Å². The Hall–Kier alpha value is -3.80. The zero-order chi connectivity index (χ0) is 26.2. The van der Waals surface area contributed by atoms with E-state index in [0.717, 1.165) is 16.8 Å². The SMILES string of the molecule is Nc1cccc(C(=O)Nc2ccc3c([O-])c(N=Nc4ccc5ccccc5c4)c(S(=O)(=O)O)cc3c2)c1.[Na+]. The summed E-state index contributed by atoms with van der Waals surface area (Å²) in [5.41, 5.74) is 6.67. The molecule has 0 heterocycles. The van der Waals surface area contributed by atoms with Crippen LogP contribution in [0.3, 0.4) is 0 Å². The van der Waals surface area contributed by atoms with Crippen molar-refractivity contribution in [3.63, 3.8) is 0 Å². The summed E-state index contributed by atoms with van der Waals surface area (Å²) in [6.45, 7) is 0. The zero-order valence-electron chi connectivity index (χ0n) is 20.1. The number of hydrogen-bond acceptors (Lipinski definition) is 7. The van der Waals surface area contributed by atoms with E-state index in [1.54, 1.807) is 30.3 Å². The number of nitrogen functional groups attached to an aromatic ring is 1. The standard InChI is InChI=1S/C27H20N4O5S.Na/c28-20-7-3-6-18(12-20)27(33)29-21-10-11-23-19(14-21)15-24(37(34,35)36)25(26(23)32)31-30-22-9-8-16-4-1-2-5-17(16)13-22;/h1-15,32H,28H2,(H,29,33)(H,34,35,36);/q;+1/p-1. The number of anilines is 2. The summed E-state index contributed by atoms with van der Waals surface area (Å²) in [6.07, 6.45) is 0. The van der Waals surface area contributed by atoms with Gasteiger partial charge in [-0.15, -0.1) is 5.11 Å². The molecule has 1 amide bonds. The van der Waals surface area contributed by atoms with E-state index in [0.29, 0.717) is 22.6 Å². The number of rotatable bonds is 5. The number of nitrogens with one attached hydrogen (secondary N) is 1. The minimum atomic E-state index is -4.83. The Bertz CT molecular complexity index is 1840. The molecular weight excluding hydrogens is 515 g/mol. The van der Waals surface area contributed by atoms with Gasteiger partial charge >= 0.3 is 29.6 Å². The van der Waals surface area contributed by atoms with Crippen molar-refractivity contribution >= 4 is 60.3 Å². The van der Waals surface area contributed by atoms with Crippen molar-refractivity contribution in [2.24, 2.45) is 10.2 Å². The summed E-state index contributed by atoms with van der Waals surface area (Å²) in [4.78, 5) is 11.9. The first kappa shape index (κ1) is 27.2. The van der Waals surface area contributed by atoms with E-state index < -0.39 is 32.4 Å². The van der Waals surface area contributed by atoms with Gasteiger partial charge in [0.1, 0.15) is 4.90 Å². The minimum absolute atomic E-state index is 0. The van der Waals surface area contributed by atoms with Crippen LogP contribution in [0.1, 0.15) is 10.4 Å². The molecule has 0 saturated heterocycles. The molecule has 11 heteroatoms. The number of fused-ring (bicyclic) bond motifs is 2. The first-order valence-electron chi connectivity index (χ1n) is 11.0. The Labute approximate surface area is 240 Å². The third kappa shape index (κ3) is 5.69. The van der Waals surface area contributed by atoms with Gasteiger partial charge in [-0.05, 0) is 70.1 Å². The summed E-state index contributed by atoms with van der Waals surface area (Å²) >= 11 is 0. The van der Waals surface area contributed by atoms with Gasteiger partial charge in [0, 0.05) is 16.9 Å². The summed E-state index contributed by atoms with van der Waals surface area (Å²) in [7, 11) is -4.83. The van der Waals surface area contributed by atoms with Gasteiger partial charge in [-0.2, -0.15) is 13.5 Å². The molecule has 5 rings (SSSR count). The molecule has 0 aromatic heterocycles. The van der Waals surface area contributed by atoms with Gasteiger partial charge in [-0.3, -0.25) is 9.35 Å². The monoisotopic (exact) mass is 534 g/mol. The van der Waals surface area contributed by atoms with Crippen LogP contribution in [0.5, 0.6) is 5.75 Å². The van der Waals surface area contributed by atoms with Crippen LogP contribution in [-0.2, 0) is 10.1 Å². The molecule has 0 radical (unpaired) electrons. The van der Waals surface area contributed by atoms with Crippen molar-refractivity contribution in [2.75, 3.05) is 11.1 Å². The van der Waals surface area contributed by atoms with Crippen molar-refractivity contribution in [1.29, 1.82) is 0 Å². The molecule has 184 valence electrons. The fourth-order valence-electron chi connectivity index (χ4n) is 3.94. The fourth-order valence-corrected chi connectivity index (χ4v) is 4.59. The maximum Gasteiger partial charge on any atom is 1.00 e. The van der Waals surface area contributed by atoms with Crippen LogP contribution in [-0.4, -0.2) is 18.9 Å².